The van der Waals surface area contributed by atoms with Crippen LogP contribution in [0.3, 0.4) is 0 Å². The maximum Gasteiger partial charge on any atom is 0.222 e. The van der Waals surface area contributed by atoms with Crippen molar-refractivity contribution in [3.8, 4) is 11.5 Å². The van der Waals surface area contributed by atoms with E-state index < -0.39 is 6.10 Å². The van der Waals surface area contributed by atoms with Crippen LogP contribution >= 0.6 is 0 Å². The molecule has 1 atom stereocenters. The Hall–Kier alpha value is -2.58. The lowest BCUT2D eigenvalue weighted by Crippen LogP contribution is -2.13. The number of rotatable bonds is 11. The normalized spacial score (nSPS) is 12.0. The molecule has 27 heavy (non-hydrogen) atoms. The summed E-state index contributed by atoms with van der Waals surface area (Å²) in [6.07, 6.45) is 1.70. The van der Waals surface area contributed by atoms with E-state index in [0.717, 1.165) is 11.3 Å². The van der Waals surface area contributed by atoms with Gasteiger partial charge in [0, 0.05) is 6.42 Å². The van der Waals surface area contributed by atoms with Gasteiger partial charge in [0.25, 0.3) is 0 Å². The van der Waals surface area contributed by atoms with E-state index in [9.17, 15) is 5.11 Å². The highest BCUT2D eigenvalue weighted by Crippen LogP contribution is 2.25. The molecule has 2 aromatic rings. The summed E-state index contributed by atoms with van der Waals surface area (Å²) in [6.45, 7) is 2.59. The Labute approximate surface area is 159 Å². The molecular formula is C19H28N4O4. The van der Waals surface area contributed by atoms with Crippen molar-refractivity contribution in [1.82, 2.24) is 9.97 Å². The molecule has 0 radical (unpaired) electrons. The highest BCUT2D eigenvalue weighted by Gasteiger charge is 2.11. The smallest absolute Gasteiger partial charge is 0.222 e. The van der Waals surface area contributed by atoms with Crippen LogP contribution in [0.4, 0.5) is 11.8 Å². The van der Waals surface area contributed by atoms with Crippen molar-refractivity contribution >= 4 is 11.8 Å². The minimum absolute atomic E-state index is 0.142. The molecule has 0 fully saturated rings. The molecular weight excluding hydrogens is 348 g/mol. The van der Waals surface area contributed by atoms with Gasteiger partial charge in [0.2, 0.25) is 5.95 Å². The number of hydrogen-bond acceptors (Lipinski definition) is 8. The quantitative estimate of drug-likeness (QED) is 0.431. The fourth-order valence-electron chi connectivity index (χ4n) is 2.61. The first-order valence-corrected chi connectivity index (χ1v) is 9.09. The van der Waals surface area contributed by atoms with Gasteiger partial charge in [-0.15, -0.1) is 0 Å². The molecule has 0 amide bonds. The highest BCUT2D eigenvalue weighted by molar-refractivity contribution is 5.51. The number of aliphatic hydroxyl groups excluding tert-OH is 2. The zero-order valence-corrected chi connectivity index (χ0v) is 15.6. The summed E-state index contributed by atoms with van der Waals surface area (Å²) in [5.41, 5.74) is 13.2. The molecule has 0 bridgehead atoms. The molecule has 0 saturated heterocycles. The van der Waals surface area contributed by atoms with Crippen LogP contribution in [0.1, 0.15) is 31.0 Å². The van der Waals surface area contributed by atoms with Crippen molar-refractivity contribution in [2.75, 3.05) is 31.3 Å². The van der Waals surface area contributed by atoms with E-state index >= 15 is 0 Å². The van der Waals surface area contributed by atoms with Gasteiger partial charge in [-0.05, 0) is 30.9 Å². The molecule has 2 rings (SSSR count). The molecule has 8 heteroatoms. The number of aryl methyl sites for hydroxylation is 2. The lowest BCUT2D eigenvalue weighted by atomic mass is 10.1. The Balaban J connectivity index is 1.83. The van der Waals surface area contributed by atoms with E-state index in [1.807, 2.05) is 31.2 Å². The summed E-state index contributed by atoms with van der Waals surface area (Å²) in [5.74, 6) is 1.63. The maximum absolute atomic E-state index is 9.51. The standard InChI is InChI=1S/C19H28N4O4/c1-2-15-17(18(20)23-19(21)22-15)27-11-5-10-26-16-7-4-3-6-13(16)8-9-14(25)12-24/h3-4,6-7,14,24-25H,2,5,8-12H2,1H3,(H4,20,21,22,23)/t14-/m0/s1. The number of nitrogen functional groups attached to an aromatic ring is 2. The first kappa shape index (κ1) is 20.7. The molecule has 0 spiro atoms. The molecule has 1 heterocycles. The first-order valence-electron chi connectivity index (χ1n) is 9.09. The van der Waals surface area contributed by atoms with Crippen molar-refractivity contribution in [3.63, 3.8) is 0 Å². The summed E-state index contributed by atoms with van der Waals surface area (Å²) in [6, 6.07) is 7.67. The summed E-state index contributed by atoms with van der Waals surface area (Å²) < 4.78 is 11.6. The van der Waals surface area contributed by atoms with Gasteiger partial charge in [-0.3, -0.25) is 0 Å². The van der Waals surface area contributed by atoms with Crippen molar-refractivity contribution < 1.29 is 19.7 Å². The molecule has 0 unspecified atom stereocenters. The number of aliphatic hydroxyl groups is 2. The van der Waals surface area contributed by atoms with Gasteiger partial charge in [0.1, 0.15) is 5.75 Å². The number of aromatic nitrogens is 2. The third kappa shape index (κ3) is 6.26. The Morgan fingerprint density at radius 1 is 1.11 bits per heavy atom. The van der Waals surface area contributed by atoms with Gasteiger partial charge in [-0.1, -0.05) is 25.1 Å². The lowest BCUT2D eigenvalue weighted by molar-refractivity contribution is 0.0884. The second kappa shape index (κ2) is 10.5. The van der Waals surface area contributed by atoms with Crippen molar-refractivity contribution in [2.45, 2.75) is 38.7 Å². The Bertz CT molecular complexity index is 727. The molecule has 1 aromatic heterocycles. The van der Waals surface area contributed by atoms with E-state index in [2.05, 4.69) is 9.97 Å². The SMILES string of the molecule is CCc1nc(N)nc(N)c1OCCCOc1ccccc1CC[C@H](O)CO. The predicted octanol–water partition coefficient (Wildman–Crippen LogP) is 1.34. The summed E-state index contributed by atoms with van der Waals surface area (Å²) in [4.78, 5) is 8.08. The molecule has 0 aliphatic rings. The number of nitrogens with zero attached hydrogens (tertiary/aromatic N) is 2. The number of nitrogens with two attached hydrogens (primary N) is 2. The van der Waals surface area contributed by atoms with Crippen LogP contribution in [-0.2, 0) is 12.8 Å². The number of benzene rings is 1. The number of anilines is 2. The van der Waals surface area contributed by atoms with E-state index in [1.165, 1.54) is 0 Å². The topological polar surface area (TPSA) is 137 Å². The number of ether oxygens (including phenoxy) is 2. The van der Waals surface area contributed by atoms with Crippen molar-refractivity contribution in [3.05, 3.63) is 35.5 Å². The number of para-hydroxylation sites is 1. The van der Waals surface area contributed by atoms with Gasteiger partial charge < -0.3 is 31.2 Å². The molecule has 8 nitrogen and oxygen atoms in total. The lowest BCUT2D eigenvalue weighted by Gasteiger charge is -2.14. The largest absolute Gasteiger partial charge is 0.493 e. The summed E-state index contributed by atoms with van der Waals surface area (Å²) in [7, 11) is 0. The predicted molar refractivity (Wildman–Crippen MR) is 104 cm³/mol. The Morgan fingerprint density at radius 3 is 2.59 bits per heavy atom. The van der Waals surface area contributed by atoms with E-state index in [1.54, 1.807) is 0 Å². The average Bonchev–Trinajstić information content (AvgIpc) is 2.67. The van der Waals surface area contributed by atoms with Gasteiger partial charge in [0.15, 0.2) is 11.6 Å². The third-order valence-corrected chi connectivity index (χ3v) is 4.04. The third-order valence-electron chi connectivity index (χ3n) is 4.04. The van der Waals surface area contributed by atoms with Crippen LogP contribution in [0.25, 0.3) is 0 Å². The molecule has 0 saturated carbocycles. The van der Waals surface area contributed by atoms with Crippen LogP contribution in [0.2, 0.25) is 0 Å². The van der Waals surface area contributed by atoms with Crippen LogP contribution in [0.15, 0.2) is 24.3 Å². The van der Waals surface area contributed by atoms with Gasteiger partial charge >= 0.3 is 0 Å². The van der Waals surface area contributed by atoms with Crippen LogP contribution in [-0.4, -0.2) is 46.1 Å². The van der Waals surface area contributed by atoms with Crippen LogP contribution < -0.4 is 20.9 Å². The van der Waals surface area contributed by atoms with Crippen LogP contribution in [0, 0.1) is 0 Å². The second-order valence-corrected chi connectivity index (χ2v) is 6.13. The zero-order valence-electron chi connectivity index (χ0n) is 15.6. The fourth-order valence-corrected chi connectivity index (χ4v) is 2.61. The Morgan fingerprint density at radius 2 is 1.85 bits per heavy atom. The average molecular weight is 376 g/mol. The van der Waals surface area contributed by atoms with Gasteiger partial charge in [-0.2, -0.15) is 4.98 Å². The minimum atomic E-state index is -0.716. The fraction of sp³-hybridized carbons (Fsp3) is 0.474. The molecule has 1 aromatic carbocycles. The number of hydrogen-bond donors (Lipinski definition) is 4. The summed E-state index contributed by atoms with van der Waals surface area (Å²) >= 11 is 0. The molecule has 0 aliphatic heterocycles. The van der Waals surface area contributed by atoms with E-state index in [4.69, 9.17) is 26.0 Å². The van der Waals surface area contributed by atoms with Crippen molar-refractivity contribution in [2.24, 2.45) is 0 Å². The van der Waals surface area contributed by atoms with Crippen LogP contribution in [0.5, 0.6) is 11.5 Å². The summed E-state index contributed by atoms with van der Waals surface area (Å²) in [5, 5.41) is 18.4. The van der Waals surface area contributed by atoms with Gasteiger partial charge in [0.05, 0.1) is 31.6 Å². The first-order chi connectivity index (χ1) is 13.0. The van der Waals surface area contributed by atoms with E-state index in [0.29, 0.717) is 50.3 Å². The molecule has 148 valence electrons. The Kier molecular flexibility index (Phi) is 8.09. The maximum atomic E-state index is 9.51. The second-order valence-electron chi connectivity index (χ2n) is 6.13. The van der Waals surface area contributed by atoms with Crippen molar-refractivity contribution in [1.29, 1.82) is 0 Å². The molecule has 0 aliphatic carbocycles. The van der Waals surface area contributed by atoms with Gasteiger partial charge in [-0.25, -0.2) is 4.98 Å². The monoisotopic (exact) mass is 376 g/mol. The molecule has 6 N–H and O–H groups in total. The highest BCUT2D eigenvalue weighted by atomic mass is 16.5. The minimum Gasteiger partial charge on any atom is -0.493 e. The zero-order chi connectivity index (χ0) is 19.6. The van der Waals surface area contributed by atoms with E-state index in [-0.39, 0.29) is 18.4 Å².